The van der Waals surface area contributed by atoms with Gasteiger partial charge >= 0.3 is 0 Å². The van der Waals surface area contributed by atoms with Crippen molar-refractivity contribution < 1.29 is 0 Å². The number of likely N-dealkylation sites (tertiary alicyclic amines) is 1. The Labute approximate surface area is 81.7 Å². The molecule has 0 aromatic rings. The number of likely N-dealkylation sites (N-methyl/N-ethyl adjacent to an activating group) is 1. The lowest BCUT2D eigenvalue weighted by Gasteiger charge is -2.32. The van der Waals surface area contributed by atoms with Crippen LogP contribution in [0.15, 0.2) is 0 Å². The van der Waals surface area contributed by atoms with E-state index in [2.05, 4.69) is 31.1 Å². The van der Waals surface area contributed by atoms with Crippen LogP contribution in [0.5, 0.6) is 0 Å². The molecule has 1 heterocycles. The molecule has 0 spiro atoms. The molecule has 0 bridgehead atoms. The first-order valence-electron chi connectivity index (χ1n) is 5.18. The van der Waals surface area contributed by atoms with Gasteiger partial charge in [-0.05, 0) is 40.3 Å². The molecule has 0 amide bonds. The number of hydrogen-bond acceptors (Lipinski definition) is 3. The van der Waals surface area contributed by atoms with Crippen molar-refractivity contribution in [3.05, 3.63) is 0 Å². The van der Waals surface area contributed by atoms with Crippen LogP contribution in [0.3, 0.4) is 0 Å². The predicted molar refractivity (Wildman–Crippen MR) is 56.8 cm³/mol. The van der Waals surface area contributed by atoms with Crippen molar-refractivity contribution >= 4 is 0 Å². The summed E-state index contributed by atoms with van der Waals surface area (Å²) >= 11 is 0. The summed E-state index contributed by atoms with van der Waals surface area (Å²) in [5.41, 5.74) is 5.82. The average molecular weight is 185 g/mol. The summed E-state index contributed by atoms with van der Waals surface area (Å²) in [7, 11) is 2.18. The highest BCUT2D eigenvalue weighted by Gasteiger charge is 2.18. The molecular formula is C10H23N3. The fourth-order valence-electron chi connectivity index (χ4n) is 1.74. The van der Waals surface area contributed by atoms with Gasteiger partial charge in [-0.3, -0.25) is 0 Å². The standard InChI is InChI=1S/C10H23N3/c1-10(2,11)8-12-9-5-4-6-13(3)7-9/h9,12H,4-8,11H2,1-3H3. The van der Waals surface area contributed by atoms with Crippen molar-refractivity contribution in [2.75, 3.05) is 26.7 Å². The minimum Gasteiger partial charge on any atom is -0.324 e. The highest BCUT2D eigenvalue weighted by atomic mass is 15.1. The quantitative estimate of drug-likeness (QED) is 0.669. The van der Waals surface area contributed by atoms with E-state index in [0.29, 0.717) is 6.04 Å². The molecule has 0 radical (unpaired) electrons. The molecular weight excluding hydrogens is 162 g/mol. The minimum absolute atomic E-state index is 0.0873. The van der Waals surface area contributed by atoms with Gasteiger partial charge in [-0.15, -0.1) is 0 Å². The molecule has 1 unspecified atom stereocenters. The molecule has 1 fully saturated rings. The SMILES string of the molecule is CN1CCCC(NCC(C)(C)N)C1. The first kappa shape index (κ1) is 11.0. The number of nitrogens with one attached hydrogen (secondary N) is 1. The first-order valence-corrected chi connectivity index (χ1v) is 5.18. The Morgan fingerprint density at radius 2 is 2.23 bits per heavy atom. The van der Waals surface area contributed by atoms with Crippen molar-refractivity contribution in [2.45, 2.75) is 38.3 Å². The molecule has 3 heteroatoms. The van der Waals surface area contributed by atoms with Gasteiger partial charge in [0.1, 0.15) is 0 Å². The van der Waals surface area contributed by atoms with E-state index in [9.17, 15) is 0 Å². The van der Waals surface area contributed by atoms with Gasteiger partial charge in [-0.1, -0.05) is 0 Å². The number of rotatable bonds is 3. The molecule has 1 saturated heterocycles. The molecule has 1 atom stereocenters. The summed E-state index contributed by atoms with van der Waals surface area (Å²) in [6, 6.07) is 0.640. The lowest BCUT2D eigenvalue weighted by Crippen LogP contribution is -2.51. The lowest BCUT2D eigenvalue weighted by molar-refractivity contribution is 0.221. The van der Waals surface area contributed by atoms with Crippen molar-refractivity contribution in [1.82, 2.24) is 10.2 Å². The van der Waals surface area contributed by atoms with E-state index < -0.39 is 0 Å². The third-order valence-corrected chi connectivity index (χ3v) is 2.47. The monoisotopic (exact) mass is 185 g/mol. The number of nitrogens with two attached hydrogens (primary N) is 1. The molecule has 0 saturated carbocycles. The maximum Gasteiger partial charge on any atom is 0.0223 e. The van der Waals surface area contributed by atoms with Crippen LogP contribution in [0.25, 0.3) is 0 Å². The molecule has 0 aromatic heterocycles. The van der Waals surface area contributed by atoms with Crippen LogP contribution in [-0.4, -0.2) is 43.2 Å². The predicted octanol–water partition coefficient (Wildman–Crippen LogP) is 0.408. The Balaban J connectivity index is 2.21. The number of piperidine rings is 1. The van der Waals surface area contributed by atoms with E-state index in [0.717, 1.165) is 13.1 Å². The zero-order valence-electron chi connectivity index (χ0n) is 9.14. The summed E-state index contributed by atoms with van der Waals surface area (Å²) in [6.07, 6.45) is 2.60. The van der Waals surface area contributed by atoms with E-state index in [1.54, 1.807) is 0 Å². The van der Waals surface area contributed by atoms with Gasteiger partial charge in [0.15, 0.2) is 0 Å². The third kappa shape index (κ3) is 4.60. The Bertz CT molecular complexity index is 151. The Morgan fingerprint density at radius 1 is 1.54 bits per heavy atom. The summed E-state index contributed by atoms with van der Waals surface area (Å²) in [6.45, 7) is 7.44. The molecule has 3 N–H and O–H groups in total. The van der Waals surface area contributed by atoms with Gasteiger partial charge in [0, 0.05) is 24.7 Å². The van der Waals surface area contributed by atoms with Crippen LogP contribution < -0.4 is 11.1 Å². The fraction of sp³-hybridized carbons (Fsp3) is 1.00. The smallest absolute Gasteiger partial charge is 0.0223 e. The van der Waals surface area contributed by atoms with Gasteiger partial charge in [0.2, 0.25) is 0 Å². The zero-order chi connectivity index (χ0) is 9.90. The molecule has 1 aliphatic heterocycles. The topological polar surface area (TPSA) is 41.3 Å². The molecule has 1 rings (SSSR count). The van der Waals surface area contributed by atoms with E-state index >= 15 is 0 Å². The van der Waals surface area contributed by atoms with Gasteiger partial charge in [-0.25, -0.2) is 0 Å². The second-order valence-electron chi connectivity index (χ2n) is 4.97. The van der Waals surface area contributed by atoms with Crippen LogP contribution in [0.2, 0.25) is 0 Å². The summed E-state index contributed by atoms with van der Waals surface area (Å²) in [5, 5.41) is 3.53. The third-order valence-electron chi connectivity index (χ3n) is 2.47. The lowest BCUT2D eigenvalue weighted by atomic mass is 10.0. The zero-order valence-corrected chi connectivity index (χ0v) is 9.14. The molecule has 1 aliphatic rings. The van der Waals surface area contributed by atoms with E-state index in [4.69, 9.17) is 5.73 Å². The molecule has 78 valence electrons. The largest absolute Gasteiger partial charge is 0.324 e. The van der Waals surface area contributed by atoms with Crippen LogP contribution in [0.4, 0.5) is 0 Å². The van der Waals surface area contributed by atoms with Gasteiger partial charge in [-0.2, -0.15) is 0 Å². The summed E-state index contributed by atoms with van der Waals surface area (Å²) < 4.78 is 0. The van der Waals surface area contributed by atoms with Crippen LogP contribution >= 0.6 is 0 Å². The van der Waals surface area contributed by atoms with Gasteiger partial charge in [0.25, 0.3) is 0 Å². The molecule has 13 heavy (non-hydrogen) atoms. The Hall–Kier alpha value is -0.120. The summed E-state index contributed by atoms with van der Waals surface area (Å²) in [5.74, 6) is 0. The normalized spacial score (nSPS) is 26.3. The van der Waals surface area contributed by atoms with E-state index in [1.807, 2.05) is 0 Å². The van der Waals surface area contributed by atoms with Crippen LogP contribution in [-0.2, 0) is 0 Å². The van der Waals surface area contributed by atoms with Crippen molar-refractivity contribution in [1.29, 1.82) is 0 Å². The van der Waals surface area contributed by atoms with Crippen molar-refractivity contribution in [3.63, 3.8) is 0 Å². The molecule has 0 aromatic carbocycles. The number of hydrogen-bond donors (Lipinski definition) is 2. The average Bonchev–Trinajstić information content (AvgIpc) is 2.00. The number of nitrogens with zero attached hydrogens (tertiary/aromatic N) is 1. The van der Waals surface area contributed by atoms with Gasteiger partial charge in [0.05, 0.1) is 0 Å². The first-order chi connectivity index (χ1) is 5.97. The van der Waals surface area contributed by atoms with Crippen LogP contribution in [0, 0.1) is 0 Å². The summed E-state index contributed by atoms with van der Waals surface area (Å²) in [4.78, 5) is 2.38. The second kappa shape index (κ2) is 4.40. The second-order valence-corrected chi connectivity index (χ2v) is 4.97. The maximum atomic E-state index is 5.91. The van der Waals surface area contributed by atoms with Crippen LogP contribution in [0.1, 0.15) is 26.7 Å². The fourth-order valence-corrected chi connectivity index (χ4v) is 1.74. The molecule has 3 nitrogen and oxygen atoms in total. The van der Waals surface area contributed by atoms with Crippen molar-refractivity contribution in [3.8, 4) is 0 Å². The highest BCUT2D eigenvalue weighted by molar-refractivity contribution is 4.81. The highest BCUT2D eigenvalue weighted by Crippen LogP contribution is 2.08. The van der Waals surface area contributed by atoms with Gasteiger partial charge < -0.3 is 16.0 Å². The minimum atomic E-state index is -0.0873. The Kier molecular flexibility index (Phi) is 3.71. The van der Waals surface area contributed by atoms with Crippen molar-refractivity contribution in [2.24, 2.45) is 5.73 Å². The van der Waals surface area contributed by atoms with E-state index in [-0.39, 0.29) is 5.54 Å². The Morgan fingerprint density at radius 3 is 2.77 bits per heavy atom. The van der Waals surface area contributed by atoms with E-state index in [1.165, 1.54) is 19.4 Å². The molecule has 0 aliphatic carbocycles. The maximum absolute atomic E-state index is 5.91.